The van der Waals surface area contributed by atoms with Gasteiger partial charge in [0.05, 0.1) is 23.0 Å². The Kier molecular flexibility index (Phi) is 6.35. The maximum atomic E-state index is 12.8. The van der Waals surface area contributed by atoms with Crippen LogP contribution < -0.4 is 5.32 Å². The second-order valence-corrected chi connectivity index (χ2v) is 5.95. The van der Waals surface area contributed by atoms with E-state index in [-0.39, 0.29) is 11.3 Å². The van der Waals surface area contributed by atoms with Gasteiger partial charge in [-0.2, -0.15) is 13.2 Å². The van der Waals surface area contributed by atoms with Gasteiger partial charge in [-0.05, 0) is 24.3 Å². The van der Waals surface area contributed by atoms with Gasteiger partial charge in [-0.25, -0.2) is 9.78 Å². The number of halogens is 3. The van der Waals surface area contributed by atoms with E-state index in [4.69, 9.17) is 5.11 Å². The fourth-order valence-electron chi connectivity index (χ4n) is 1.90. The van der Waals surface area contributed by atoms with Gasteiger partial charge in [-0.3, -0.25) is 0 Å². The Morgan fingerprint density at radius 3 is 2.81 bits per heavy atom. The van der Waals surface area contributed by atoms with Crippen LogP contribution in [0, 0.1) is 0 Å². The van der Waals surface area contributed by atoms with Crippen LogP contribution in [0.4, 0.5) is 24.0 Å². The van der Waals surface area contributed by atoms with Crippen molar-refractivity contribution in [3.8, 4) is 0 Å². The number of benzene rings is 1. The summed E-state index contributed by atoms with van der Waals surface area (Å²) in [6, 6.07) is 4.70. The topological polar surface area (TPSA) is 83.8 Å². The summed E-state index contributed by atoms with van der Waals surface area (Å²) in [7, 11) is 1.32. The molecule has 0 fully saturated rings. The number of nitrogens with zero attached hydrogens (tertiary/aromatic N) is 2. The molecule has 2 aromatic rings. The van der Waals surface area contributed by atoms with Gasteiger partial charge in [0.25, 0.3) is 0 Å². The Balaban J connectivity index is 2.27. The van der Waals surface area contributed by atoms with Gasteiger partial charge in [0.15, 0.2) is 5.13 Å². The van der Waals surface area contributed by atoms with Crippen molar-refractivity contribution >= 4 is 39.9 Å². The van der Waals surface area contributed by atoms with Crippen molar-refractivity contribution in [2.45, 2.75) is 6.18 Å². The summed E-state index contributed by atoms with van der Waals surface area (Å²) >= 11 is 1.13. The number of anilines is 2. The molecule has 0 aliphatic rings. The summed E-state index contributed by atoms with van der Waals surface area (Å²) in [6.45, 7) is 3.41. The Morgan fingerprint density at radius 1 is 1.44 bits per heavy atom. The second-order valence-electron chi connectivity index (χ2n) is 5.09. The predicted octanol–water partition coefficient (Wildman–Crippen LogP) is 4.56. The number of aromatic nitrogens is 1. The summed E-state index contributed by atoms with van der Waals surface area (Å²) in [5.41, 5.74) is -0.0742. The Morgan fingerprint density at radius 2 is 2.19 bits per heavy atom. The third-order valence-corrected chi connectivity index (χ3v) is 3.90. The molecular weight excluding hydrogens is 383 g/mol. The zero-order valence-electron chi connectivity index (χ0n) is 13.9. The van der Waals surface area contributed by atoms with Crippen LogP contribution in [0.5, 0.6) is 0 Å². The van der Waals surface area contributed by atoms with Crippen LogP contribution in [0.15, 0.2) is 53.0 Å². The molecule has 10 heteroatoms. The maximum Gasteiger partial charge on any atom is 0.416 e. The van der Waals surface area contributed by atoms with Gasteiger partial charge in [0.1, 0.15) is 7.11 Å². The Bertz CT molecular complexity index is 904. The van der Waals surface area contributed by atoms with Gasteiger partial charge >= 0.3 is 12.1 Å². The maximum absolute atomic E-state index is 12.8. The largest absolute Gasteiger partial charge is 0.478 e. The number of thiazole rings is 1. The first-order valence-electron chi connectivity index (χ1n) is 7.31. The van der Waals surface area contributed by atoms with E-state index >= 15 is 0 Å². The molecule has 142 valence electrons. The van der Waals surface area contributed by atoms with Crippen LogP contribution in [0.2, 0.25) is 0 Å². The number of alkyl halides is 3. The third kappa shape index (κ3) is 5.68. The van der Waals surface area contributed by atoms with Crippen molar-refractivity contribution in [3.63, 3.8) is 0 Å². The fraction of sp³-hybridized carbons (Fsp3) is 0.118. The van der Waals surface area contributed by atoms with E-state index in [2.05, 4.69) is 26.9 Å². The first-order valence-corrected chi connectivity index (χ1v) is 8.19. The van der Waals surface area contributed by atoms with Crippen LogP contribution in [0.3, 0.4) is 0 Å². The molecule has 0 bridgehead atoms. The highest BCUT2D eigenvalue weighted by Gasteiger charge is 2.30. The lowest BCUT2D eigenvalue weighted by Gasteiger charge is -2.08. The summed E-state index contributed by atoms with van der Waals surface area (Å²) < 4.78 is 38.4. The zero-order valence-corrected chi connectivity index (χ0v) is 14.8. The molecule has 0 aliphatic carbocycles. The number of hydrogen-bond acceptors (Lipinski definition) is 6. The number of rotatable bonds is 7. The number of carboxylic acids is 1. The lowest BCUT2D eigenvalue weighted by atomic mass is 10.1. The van der Waals surface area contributed by atoms with E-state index in [1.165, 1.54) is 31.5 Å². The average molecular weight is 397 g/mol. The number of aliphatic carboxylic acids is 1. The minimum Gasteiger partial charge on any atom is -0.478 e. The minimum absolute atomic E-state index is 0.187. The molecular formula is C17H14F3N3O3S. The second kappa shape index (κ2) is 8.49. The van der Waals surface area contributed by atoms with E-state index in [0.29, 0.717) is 16.4 Å². The number of nitrogens with one attached hydrogen (secondary N) is 1. The van der Waals surface area contributed by atoms with Crippen molar-refractivity contribution in [2.24, 2.45) is 5.16 Å². The molecule has 0 spiro atoms. The standard InChI is InChI=1S/C17H14F3N3O3S/c1-10(15(24)25)6-11(8-21-26-2)14-9-27-16(23-14)22-13-5-3-4-12(7-13)17(18,19)20/h3-9H,1H2,2H3,(H,22,23)(H,24,25)/b11-6+,21-8+. The van der Waals surface area contributed by atoms with E-state index in [0.717, 1.165) is 23.5 Å². The normalized spacial score (nSPS) is 12.2. The number of hydrogen-bond donors (Lipinski definition) is 2. The van der Waals surface area contributed by atoms with E-state index in [1.807, 2.05) is 0 Å². The molecule has 0 amide bonds. The zero-order chi connectivity index (χ0) is 20.0. The lowest BCUT2D eigenvalue weighted by molar-refractivity contribution is -0.137. The molecule has 0 saturated carbocycles. The smallest absolute Gasteiger partial charge is 0.416 e. The van der Waals surface area contributed by atoms with E-state index < -0.39 is 17.7 Å². The monoisotopic (exact) mass is 397 g/mol. The Labute approximate surface area is 156 Å². The molecule has 6 nitrogen and oxygen atoms in total. The molecule has 2 N–H and O–H groups in total. The van der Waals surface area contributed by atoms with Crippen molar-refractivity contribution in [2.75, 3.05) is 12.4 Å². The van der Waals surface area contributed by atoms with Crippen molar-refractivity contribution in [1.29, 1.82) is 0 Å². The van der Waals surface area contributed by atoms with Gasteiger partial charge in [-0.1, -0.05) is 17.8 Å². The van der Waals surface area contributed by atoms with Crippen molar-refractivity contribution in [1.82, 2.24) is 4.98 Å². The van der Waals surface area contributed by atoms with Crippen molar-refractivity contribution < 1.29 is 27.9 Å². The van der Waals surface area contributed by atoms with Gasteiger partial charge in [0.2, 0.25) is 0 Å². The van der Waals surface area contributed by atoms with E-state index in [9.17, 15) is 18.0 Å². The van der Waals surface area contributed by atoms with Crippen molar-refractivity contribution in [3.05, 3.63) is 59.1 Å². The highest BCUT2D eigenvalue weighted by Crippen LogP contribution is 2.32. The first kappa shape index (κ1) is 20.2. The third-order valence-electron chi connectivity index (χ3n) is 3.14. The summed E-state index contributed by atoms with van der Waals surface area (Å²) in [4.78, 5) is 19.8. The minimum atomic E-state index is -4.45. The lowest BCUT2D eigenvalue weighted by Crippen LogP contribution is -2.05. The summed E-state index contributed by atoms with van der Waals surface area (Å²) in [5, 5.41) is 17.2. The van der Waals surface area contributed by atoms with Crippen LogP contribution in [0.1, 0.15) is 11.3 Å². The Hall–Kier alpha value is -3.14. The molecule has 0 unspecified atom stereocenters. The molecule has 1 heterocycles. The van der Waals surface area contributed by atoms with Crippen LogP contribution >= 0.6 is 11.3 Å². The molecule has 1 aromatic heterocycles. The van der Waals surface area contributed by atoms with Crippen LogP contribution in [-0.2, 0) is 15.8 Å². The number of allylic oxidation sites excluding steroid dienone is 1. The summed E-state index contributed by atoms with van der Waals surface area (Å²) in [5.74, 6) is -1.21. The van der Waals surface area contributed by atoms with Gasteiger partial charge < -0.3 is 15.3 Å². The quantitative estimate of drug-likeness (QED) is 0.310. The highest BCUT2D eigenvalue weighted by atomic mass is 32.1. The molecule has 2 rings (SSSR count). The SMILES string of the molecule is C=C(/C=C(\C=N\OC)c1csc(Nc2cccc(C(F)(F)F)c2)n1)C(=O)O. The number of carbonyl (C=O) groups is 1. The van der Waals surface area contributed by atoms with E-state index in [1.54, 1.807) is 5.38 Å². The fourth-order valence-corrected chi connectivity index (χ4v) is 2.64. The molecule has 0 atom stereocenters. The highest BCUT2D eigenvalue weighted by molar-refractivity contribution is 7.13. The molecule has 0 radical (unpaired) electrons. The summed E-state index contributed by atoms with van der Waals surface area (Å²) in [6.07, 6.45) is -1.93. The molecule has 1 aromatic carbocycles. The number of oxime groups is 1. The molecule has 27 heavy (non-hydrogen) atoms. The van der Waals surface area contributed by atoms with Gasteiger partial charge in [-0.15, -0.1) is 11.3 Å². The molecule has 0 aliphatic heterocycles. The predicted molar refractivity (Wildman–Crippen MR) is 97.1 cm³/mol. The first-order chi connectivity index (χ1) is 12.7. The van der Waals surface area contributed by atoms with Gasteiger partial charge in [0, 0.05) is 16.6 Å². The molecule has 0 saturated heterocycles. The average Bonchev–Trinajstić information content (AvgIpc) is 3.06. The van der Waals surface area contributed by atoms with Crippen LogP contribution in [-0.4, -0.2) is 29.4 Å². The number of carboxylic acid groups (broad SMARTS) is 1. The van der Waals surface area contributed by atoms with Crippen LogP contribution in [0.25, 0.3) is 5.57 Å².